The van der Waals surface area contributed by atoms with Crippen molar-refractivity contribution in [2.24, 2.45) is 0 Å². The Labute approximate surface area is 179 Å². The lowest BCUT2D eigenvalue weighted by Gasteiger charge is -2.35. The highest BCUT2D eigenvalue weighted by Crippen LogP contribution is 2.38. The molecule has 0 saturated carbocycles. The summed E-state index contributed by atoms with van der Waals surface area (Å²) in [5.41, 5.74) is 1.09. The Kier molecular flexibility index (Phi) is 5.06. The van der Waals surface area contributed by atoms with Gasteiger partial charge in [-0.2, -0.15) is 18.3 Å². The first-order valence-electron chi connectivity index (χ1n) is 9.58. The van der Waals surface area contributed by atoms with E-state index in [4.69, 9.17) is 4.74 Å². The van der Waals surface area contributed by atoms with Crippen LogP contribution >= 0.6 is 11.3 Å². The maximum Gasteiger partial charge on any atom is 0.408 e. The van der Waals surface area contributed by atoms with E-state index in [0.717, 1.165) is 31.7 Å². The van der Waals surface area contributed by atoms with Gasteiger partial charge in [-0.25, -0.2) is 19.6 Å². The van der Waals surface area contributed by atoms with Crippen molar-refractivity contribution in [1.29, 1.82) is 0 Å². The number of thiophene rings is 1. The first-order chi connectivity index (χ1) is 15.0. The predicted molar refractivity (Wildman–Crippen MR) is 110 cm³/mol. The first kappa shape index (κ1) is 19.9. The predicted octanol–water partition coefficient (Wildman–Crippen LogP) is 4.09. The van der Waals surface area contributed by atoms with Gasteiger partial charge in [-0.15, -0.1) is 11.3 Å². The molecule has 0 unspecified atom stereocenters. The van der Waals surface area contributed by atoms with Gasteiger partial charge in [0.2, 0.25) is 0 Å². The molecule has 31 heavy (non-hydrogen) atoms. The van der Waals surface area contributed by atoms with Crippen molar-refractivity contribution in [1.82, 2.24) is 24.7 Å². The molecular formula is C20H17F3N6OS. The molecule has 1 aliphatic heterocycles. The summed E-state index contributed by atoms with van der Waals surface area (Å²) in [6, 6.07) is 11.6. The van der Waals surface area contributed by atoms with E-state index in [1.807, 2.05) is 41.3 Å². The van der Waals surface area contributed by atoms with E-state index in [1.54, 1.807) is 11.3 Å². The molecule has 0 N–H and O–H groups in total. The van der Waals surface area contributed by atoms with Crippen LogP contribution in [0.15, 0.2) is 49.1 Å². The van der Waals surface area contributed by atoms with Crippen LogP contribution in [0.5, 0.6) is 0 Å². The Morgan fingerprint density at radius 1 is 1.13 bits per heavy atom. The molecule has 11 heteroatoms. The number of aromatic nitrogens is 5. The lowest BCUT2D eigenvalue weighted by molar-refractivity contribution is -0.142. The van der Waals surface area contributed by atoms with Gasteiger partial charge < -0.3 is 9.64 Å². The van der Waals surface area contributed by atoms with Crippen LogP contribution in [0.1, 0.15) is 11.9 Å². The molecule has 0 bridgehead atoms. The molecule has 1 aliphatic rings. The van der Waals surface area contributed by atoms with Gasteiger partial charge in [0.05, 0.1) is 18.6 Å². The number of morpholine rings is 1. The number of anilines is 1. The number of rotatable bonds is 4. The van der Waals surface area contributed by atoms with Crippen LogP contribution in [0.3, 0.4) is 0 Å². The quantitative estimate of drug-likeness (QED) is 0.470. The number of alkyl halides is 3. The van der Waals surface area contributed by atoms with Crippen LogP contribution in [-0.4, -0.2) is 50.7 Å². The highest BCUT2D eigenvalue weighted by molar-refractivity contribution is 7.21. The van der Waals surface area contributed by atoms with Gasteiger partial charge in [0.1, 0.15) is 35.9 Å². The van der Waals surface area contributed by atoms with E-state index >= 15 is 0 Å². The third kappa shape index (κ3) is 4.10. The highest BCUT2D eigenvalue weighted by Gasteiger charge is 2.33. The summed E-state index contributed by atoms with van der Waals surface area (Å²) in [5, 5.41) is 4.93. The van der Waals surface area contributed by atoms with Crippen LogP contribution in [-0.2, 0) is 11.3 Å². The van der Waals surface area contributed by atoms with E-state index in [1.165, 1.54) is 6.33 Å². The number of nitrogens with zero attached hydrogens (tertiary/aromatic N) is 6. The number of ether oxygens (including phenoxy) is 1. The molecule has 1 aromatic carbocycles. The normalized spacial score (nSPS) is 17.4. The van der Waals surface area contributed by atoms with Gasteiger partial charge in [-0.1, -0.05) is 30.3 Å². The van der Waals surface area contributed by atoms with Gasteiger partial charge in [-0.3, -0.25) is 0 Å². The lowest BCUT2D eigenvalue weighted by atomic mass is 10.1. The van der Waals surface area contributed by atoms with Crippen LogP contribution in [0.4, 0.5) is 19.0 Å². The fourth-order valence-corrected chi connectivity index (χ4v) is 4.61. The molecule has 0 aliphatic carbocycles. The van der Waals surface area contributed by atoms with Crippen molar-refractivity contribution in [2.45, 2.75) is 18.8 Å². The van der Waals surface area contributed by atoms with Crippen LogP contribution in [0, 0.1) is 0 Å². The SMILES string of the molecule is FC(F)(F)Cn1cnc([C@@H]2COCCN2c2ncnc3sc(-c4ccccc4)cc23)n1. The van der Waals surface area contributed by atoms with Gasteiger partial charge in [0.15, 0.2) is 5.82 Å². The lowest BCUT2D eigenvalue weighted by Crippen LogP contribution is -2.40. The second kappa shape index (κ2) is 7.89. The van der Waals surface area contributed by atoms with Gasteiger partial charge in [0.25, 0.3) is 0 Å². The Morgan fingerprint density at radius 3 is 2.77 bits per heavy atom. The molecule has 0 amide bonds. The van der Waals surface area contributed by atoms with E-state index in [-0.39, 0.29) is 12.4 Å². The number of benzene rings is 1. The molecule has 7 nitrogen and oxygen atoms in total. The van der Waals surface area contributed by atoms with Gasteiger partial charge >= 0.3 is 6.18 Å². The van der Waals surface area contributed by atoms with Crippen LogP contribution in [0.25, 0.3) is 20.7 Å². The standard InChI is InChI=1S/C20H17F3N6OS/c21-20(22,23)10-28-12-26-17(27-28)15-9-30-7-6-29(15)18-14-8-16(13-4-2-1-3-5-13)31-19(14)25-11-24-18/h1-5,8,11-12,15H,6-7,9-10H2/t15-/m0/s1. The molecule has 160 valence electrons. The molecule has 4 aromatic rings. The Hall–Kier alpha value is -3.05. The third-order valence-electron chi connectivity index (χ3n) is 4.96. The van der Waals surface area contributed by atoms with Gasteiger partial charge in [-0.05, 0) is 11.6 Å². The fourth-order valence-electron chi connectivity index (χ4n) is 3.61. The molecule has 0 spiro atoms. The third-order valence-corrected chi connectivity index (χ3v) is 6.05. The molecule has 1 atom stereocenters. The van der Waals surface area contributed by atoms with Crippen molar-refractivity contribution >= 4 is 27.4 Å². The number of hydrogen-bond acceptors (Lipinski definition) is 7. The summed E-state index contributed by atoms with van der Waals surface area (Å²) in [6.07, 6.45) is -1.76. The Morgan fingerprint density at radius 2 is 1.97 bits per heavy atom. The van der Waals surface area contributed by atoms with Crippen molar-refractivity contribution < 1.29 is 17.9 Å². The Bertz CT molecular complexity index is 1190. The largest absolute Gasteiger partial charge is 0.408 e. The summed E-state index contributed by atoms with van der Waals surface area (Å²) in [4.78, 5) is 16.9. The second-order valence-corrected chi connectivity index (χ2v) is 8.12. The van der Waals surface area contributed by atoms with Crippen molar-refractivity contribution in [3.63, 3.8) is 0 Å². The average Bonchev–Trinajstić information content (AvgIpc) is 3.40. The van der Waals surface area contributed by atoms with Crippen molar-refractivity contribution in [3.05, 3.63) is 54.9 Å². The maximum absolute atomic E-state index is 12.7. The zero-order chi connectivity index (χ0) is 21.4. The van der Waals surface area contributed by atoms with Crippen molar-refractivity contribution in [3.8, 4) is 10.4 Å². The van der Waals surface area contributed by atoms with E-state index in [0.29, 0.717) is 19.0 Å². The summed E-state index contributed by atoms with van der Waals surface area (Å²) in [6.45, 7) is 0.0650. The van der Waals surface area contributed by atoms with E-state index in [2.05, 4.69) is 20.1 Å². The van der Waals surface area contributed by atoms with E-state index < -0.39 is 18.8 Å². The fraction of sp³-hybridized carbons (Fsp3) is 0.300. The average molecular weight is 446 g/mol. The second-order valence-electron chi connectivity index (χ2n) is 7.09. The summed E-state index contributed by atoms with van der Waals surface area (Å²) in [7, 11) is 0. The minimum atomic E-state index is -4.36. The minimum Gasteiger partial charge on any atom is -0.377 e. The summed E-state index contributed by atoms with van der Waals surface area (Å²) >= 11 is 1.57. The number of hydrogen-bond donors (Lipinski definition) is 0. The molecule has 0 radical (unpaired) electrons. The molecular weight excluding hydrogens is 429 g/mol. The van der Waals surface area contributed by atoms with E-state index in [9.17, 15) is 13.2 Å². The number of fused-ring (bicyclic) bond motifs is 1. The minimum absolute atomic E-state index is 0.261. The molecule has 1 fully saturated rings. The molecule has 1 saturated heterocycles. The zero-order valence-corrected chi connectivity index (χ0v) is 17.0. The molecule has 5 rings (SSSR count). The summed E-state index contributed by atoms with van der Waals surface area (Å²) < 4.78 is 44.5. The van der Waals surface area contributed by atoms with Crippen LogP contribution < -0.4 is 4.90 Å². The van der Waals surface area contributed by atoms with Crippen LogP contribution in [0.2, 0.25) is 0 Å². The summed E-state index contributed by atoms with van der Waals surface area (Å²) in [5.74, 6) is 0.970. The smallest absolute Gasteiger partial charge is 0.377 e. The maximum atomic E-state index is 12.7. The Balaban J connectivity index is 1.51. The first-order valence-corrected chi connectivity index (χ1v) is 10.4. The molecule has 4 heterocycles. The number of halogens is 3. The highest BCUT2D eigenvalue weighted by atomic mass is 32.1. The topological polar surface area (TPSA) is 69.0 Å². The molecule has 3 aromatic heterocycles. The van der Waals surface area contributed by atoms with Gasteiger partial charge in [0, 0.05) is 11.4 Å². The van der Waals surface area contributed by atoms with Crippen molar-refractivity contribution in [2.75, 3.05) is 24.7 Å². The zero-order valence-electron chi connectivity index (χ0n) is 16.2. The monoisotopic (exact) mass is 446 g/mol.